The fourth-order valence-corrected chi connectivity index (χ4v) is 1.88. The monoisotopic (exact) mass is 220 g/mol. The summed E-state index contributed by atoms with van der Waals surface area (Å²) in [6, 6.07) is 5.41. The minimum absolute atomic E-state index is 0.238. The number of esters is 1. The Morgan fingerprint density at radius 3 is 3.06 bits per heavy atom. The van der Waals surface area contributed by atoms with Crippen molar-refractivity contribution in [1.82, 2.24) is 0 Å². The zero-order valence-corrected chi connectivity index (χ0v) is 8.93. The number of ether oxygens (including phenoxy) is 2. The highest BCUT2D eigenvalue weighted by molar-refractivity contribution is 5.95. The topological polar surface area (TPSA) is 52.6 Å². The first-order valence-electron chi connectivity index (χ1n) is 5.06. The third-order valence-electron chi connectivity index (χ3n) is 2.62. The zero-order chi connectivity index (χ0) is 11.5. The quantitative estimate of drug-likeness (QED) is 0.570. The normalized spacial score (nSPS) is 18.6. The summed E-state index contributed by atoms with van der Waals surface area (Å²) in [6.07, 6.45) is 1.23. The van der Waals surface area contributed by atoms with Gasteiger partial charge >= 0.3 is 5.97 Å². The number of methoxy groups -OCH3 is 1. The van der Waals surface area contributed by atoms with E-state index in [0.717, 1.165) is 11.8 Å². The standard InChI is InChI=1S/C12H12O4/c1-15-10-4-2-3-8-7-9(5-6-13)16-12(14)11(8)10/h2-4,6,9H,5,7H2,1H3. The molecule has 1 atom stereocenters. The fourth-order valence-electron chi connectivity index (χ4n) is 1.88. The predicted molar refractivity (Wildman–Crippen MR) is 56.6 cm³/mol. The molecule has 0 fully saturated rings. The van der Waals surface area contributed by atoms with Crippen molar-refractivity contribution < 1.29 is 19.1 Å². The maximum absolute atomic E-state index is 11.7. The van der Waals surface area contributed by atoms with Crippen LogP contribution >= 0.6 is 0 Å². The van der Waals surface area contributed by atoms with Gasteiger partial charge in [0.05, 0.1) is 7.11 Å². The number of rotatable bonds is 3. The van der Waals surface area contributed by atoms with Gasteiger partial charge in [0.15, 0.2) is 0 Å². The summed E-state index contributed by atoms with van der Waals surface area (Å²) in [7, 11) is 1.51. The highest BCUT2D eigenvalue weighted by atomic mass is 16.5. The molecule has 1 aliphatic rings. The van der Waals surface area contributed by atoms with E-state index in [9.17, 15) is 9.59 Å². The number of hydrogen-bond acceptors (Lipinski definition) is 4. The number of benzene rings is 1. The second-order valence-electron chi connectivity index (χ2n) is 3.63. The van der Waals surface area contributed by atoms with Crippen LogP contribution in [-0.2, 0) is 16.0 Å². The molecule has 1 aromatic carbocycles. The van der Waals surface area contributed by atoms with Gasteiger partial charge in [0, 0.05) is 12.8 Å². The molecule has 1 heterocycles. The molecule has 0 aromatic heterocycles. The molecule has 0 N–H and O–H groups in total. The lowest BCUT2D eigenvalue weighted by Gasteiger charge is -2.24. The van der Waals surface area contributed by atoms with E-state index in [0.29, 0.717) is 17.7 Å². The van der Waals surface area contributed by atoms with Crippen molar-refractivity contribution in [3.8, 4) is 5.75 Å². The molecular weight excluding hydrogens is 208 g/mol. The van der Waals surface area contributed by atoms with Crippen LogP contribution in [-0.4, -0.2) is 25.5 Å². The van der Waals surface area contributed by atoms with Crippen molar-refractivity contribution in [3.05, 3.63) is 29.3 Å². The molecule has 0 amide bonds. The molecule has 0 saturated carbocycles. The second kappa shape index (κ2) is 4.35. The molecule has 4 heteroatoms. The van der Waals surface area contributed by atoms with Gasteiger partial charge in [0.2, 0.25) is 0 Å². The van der Waals surface area contributed by atoms with Crippen molar-refractivity contribution in [2.45, 2.75) is 18.9 Å². The fraction of sp³-hybridized carbons (Fsp3) is 0.333. The molecule has 4 nitrogen and oxygen atoms in total. The Kier molecular flexibility index (Phi) is 2.90. The van der Waals surface area contributed by atoms with Crippen molar-refractivity contribution >= 4 is 12.3 Å². The molecule has 2 rings (SSSR count). The first-order valence-corrected chi connectivity index (χ1v) is 5.06. The Morgan fingerprint density at radius 1 is 1.56 bits per heavy atom. The smallest absolute Gasteiger partial charge is 0.342 e. The Labute approximate surface area is 93.2 Å². The second-order valence-corrected chi connectivity index (χ2v) is 3.63. The van der Waals surface area contributed by atoms with Gasteiger partial charge in [-0.15, -0.1) is 0 Å². The van der Waals surface area contributed by atoms with Crippen LogP contribution in [0.5, 0.6) is 5.75 Å². The van der Waals surface area contributed by atoms with Crippen LogP contribution in [0.4, 0.5) is 0 Å². The Morgan fingerprint density at radius 2 is 2.38 bits per heavy atom. The predicted octanol–water partition coefficient (Wildman–Crippen LogP) is 1.37. The summed E-state index contributed by atoms with van der Waals surface area (Å²) < 4.78 is 10.3. The molecule has 0 bridgehead atoms. The van der Waals surface area contributed by atoms with Gasteiger partial charge in [0.25, 0.3) is 0 Å². The minimum atomic E-state index is -0.412. The molecule has 1 aromatic rings. The number of hydrogen-bond donors (Lipinski definition) is 0. The summed E-state index contributed by atoms with van der Waals surface area (Å²) in [5.41, 5.74) is 1.36. The zero-order valence-electron chi connectivity index (χ0n) is 8.93. The molecule has 0 aliphatic carbocycles. The van der Waals surface area contributed by atoms with E-state index in [1.54, 1.807) is 6.07 Å². The third kappa shape index (κ3) is 1.78. The van der Waals surface area contributed by atoms with E-state index in [1.807, 2.05) is 12.1 Å². The van der Waals surface area contributed by atoms with Crippen LogP contribution in [0.25, 0.3) is 0 Å². The van der Waals surface area contributed by atoms with Crippen molar-refractivity contribution in [2.75, 3.05) is 7.11 Å². The SMILES string of the molecule is COc1cccc2c1C(=O)OC(CC=O)C2. The summed E-state index contributed by atoms with van der Waals surface area (Å²) in [5, 5.41) is 0. The first-order chi connectivity index (χ1) is 7.76. The molecule has 0 saturated heterocycles. The Balaban J connectivity index is 2.37. The molecular formula is C12H12O4. The molecule has 0 spiro atoms. The number of carbonyl (C=O) groups excluding carboxylic acids is 2. The van der Waals surface area contributed by atoms with Gasteiger partial charge in [-0.25, -0.2) is 4.79 Å². The lowest BCUT2D eigenvalue weighted by molar-refractivity contribution is -0.109. The van der Waals surface area contributed by atoms with Gasteiger partial charge in [0.1, 0.15) is 23.7 Å². The van der Waals surface area contributed by atoms with E-state index in [1.165, 1.54) is 7.11 Å². The number of aldehydes is 1. The molecule has 16 heavy (non-hydrogen) atoms. The van der Waals surface area contributed by atoms with Crippen molar-refractivity contribution in [3.63, 3.8) is 0 Å². The summed E-state index contributed by atoms with van der Waals surface area (Å²) >= 11 is 0. The average Bonchev–Trinajstić information content (AvgIpc) is 2.28. The van der Waals surface area contributed by atoms with E-state index in [-0.39, 0.29) is 12.5 Å². The molecule has 84 valence electrons. The maximum Gasteiger partial charge on any atom is 0.342 e. The van der Waals surface area contributed by atoms with Crippen LogP contribution in [0.1, 0.15) is 22.3 Å². The lowest BCUT2D eigenvalue weighted by Crippen LogP contribution is -2.28. The van der Waals surface area contributed by atoms with E-state index in [4.69, 9.17) is 9.47 Å². The Hall–Kier alpha value is -1.84. The van der Waals surface area contributed by atoms with Gasteiger partial charge in [-0.2, -0.15) is 0 Å². The van der Waals surface area contributed by atoms with Crippen molar-refractivity contribution in [1.29, 1.82) is 0 Å². The van der Waals surface area contributed by atoms with Crippen molar-refractivity contribution in [2.24, 2.45) is 0 Å². The first kappa shape index (κ1) is 10.7. The summed E-state index contributed by atoms with van der Waals surface area (Å²) in [4.78, 5) is 22.1. The Bertz CT molecular complexity index is 425. The minimum Gasteiger partial charge on any atom is -0.496 e. The van der Waals surface area contributed by atoms with Gasteiger partial charge in [-0.3, -0.25) is 0 Å². The van der Waals surface area contributed by atoms with Gasteiger partial charge in [-0.05, 0) is 11.6 Å². The van der Waals surface area contributed by atoms with Crippen LogP contribution < -0.4 is 4.74 Å². The highest BCUT2D eigenvalue weighted by Crippen LogP contribution is 2.29. The number of cyclic esters (lactones) is 1. The van der Waals surface area contributed by atoms with Gasteiger partial charge in [-0.1, -0.05) is 12.1 Å². The average molecular weight is 220 g/mol. The number of carbonyl (C=O) groups is 2. The van der Waals surface area contributed by atoms with Crippen LogP contribution in [0.2, 0.25) is 0 Å². The van der Waals surface area contributed by atoms with Crippen LogP contribution in [0, 0.1) is 0 Å². The summed E-state index contributed by atoms with van der Waals surface area (Å²) in [5.74, 6) is 0.109. The third-order valence-corrected chi connectivity index (χ3v) is 2.62. The molecule has 1 unspecified atom stereocenters. The van der Waals surface area contributed by atoms with Crippen LogP contribution in [0.3, 0.4) is 0 Å². The van der Waals surface area contributed by atoms with E-state index >= 15 is 0 Å². The van der Waals surface area contributed by atoms with E-state index in [2.05, 4.69) is 0 Å². The number of fused-ring (bicyclic) bond motifs is 1. The summed E-state index contributed by atoms with van der Waals surface area (Å²) in [6.45, 7) is 0. The van der Waals surface area contributed by atoms with Gasteiger partial charge < -0.3 is 14.3 Å². The van der Waals surface area contributed by atoms with E-state index < -0.39 is 5.97 Å². The largest absolute Gasteiger partial charge is 0.496 e. The highest BCUT2D eigenvalue weighted by Gasteiger charge is 2.28. The maximum atomic E-state index is 11.7. The molecule has 1 aliphatic heterocycles. The van der Waals surface area contributed by atoms with Crippen LogP contribution in [0.15, 0.2) is 18.2 Å². The molecule has 0 radical (unpaired) electrons. The lowest BCUT2D eigenvalue weighted by atomic mass is 9.96.